The van der Waals surface area contributed by atoms with Crippen molar-refractivity contribution in [1.82, 2.24) is 19.1 Å². The number of rotatable bonds is 14. The number of esters is 1. The van der Waals surface area contributed by atoms with Crippen LogP contribution in [0.25, 0.3) is 22.1 Å². The molecule has 2 saturated carbocycles. The van der Waals surface area contributed by atoms with Gasteiger partial charge in [0.2, 0.25) is 0 Å². The van der Waals surface area contributed by atoms with Crippen molar-refractivity contribution in [3.8, 4) is 23.0 Å². The number of carbonyl (C=O) groups excluding carboxylic acids is 1. The number of carbonyl (C=O) groups is 3. The first kappa shape index (κ1) is 69.4. The van der Waals surface area contributed by atoms with Crippen LogP contribution in [0.4, 0.5) is 33.3 Å². The molecule has 0 radical (unpaired) electrons. The number of aromatic nitrogens is 4. The summed E-state index contributed by atoms with van der Waals surface area (Å²) in [6.45, 7) is 9.17. The maximum absolute atomic E-state index is 14.8. The van der Waals surface area contributed by atoms with E-state index in [0.717, 1.165) is 110 Å². The van der Waals surface area contributed by atoms with E-state index < -0.39 is 41.3 Å². The van der Waals surface area contributed by atoms with Gasteiger partial charge in [-0.3, -0.25) is 0 Å². The Labute approximate surface area is 569 Å². The third-order valence-electron chi connectivity index (χ3n) is 18.7. The van der Waals surface area contributed by atoms with Crippen molar-refractivity contribution in [3.05, 3.63) is 165 Å². The van der Waals surface area contributed by atoms with Crippen molar-refractivity contribution in [3.63, 3.8) is 0 Å². The second-order valence-corrected chi connectivity index (χ2v) is 25.1. The summed E-state index contributed by atoms with van der Waals surface area (Å²) in [6.07, 6.45) is 1.02. The maximum Gasteiger partial charge on any atom is 1.00 e. The normalized spacial score (nSPS) is 20.8. The van der Waals surface area contributed by atoms with Gasteiger partial charge in [0.1, 0.15) is 23.3 Å². The van der Waals surface area contributed by atoms with Crippen molar-refractivity contribution < 1.29 is 115 Å². The maximum atomic E-state index is 14.8. The number of para-hydroxylation sites is 2. The molecule has 19 nitrogen and oxygen atoms in total. The number of carboxylic acids is 2. The van der Waals surface area contributed by atoms with E-state index in [0.29, 0.717) is 87.9 Å². The summed E-state index contributed by atoms with van der Waals surface area (Å²) >= 11 is 12.0. The number of aliphatic carboxylic acids is 1. The van der Waals surface area contributed by atoms with Crippen molar-refractivity contribution in [1.29, 1.82) is 0 Å². The molecule has 4 atom stereocenters. The summed E-state index contributed by atoms with van der Waals surface area (Å²) in [4.78, 5) is 47.4. The van der Waals surface area contributed by atoms with Gasteiger partial charge in [-0.25, -0.2) is 33.1 Å². The van der Waals surface area contributed by atoms with E-state index in [-0.39, 0.29) is 57.4 Å². The molecule has 2 aromatic heterocycles. The van der Waals surface area contributed by atoms with Gasteiger partial charge < -0.3 is 67.8 Å². The predicted molar refractivity (Wildman–Crippen MR) is 333 cm³/mol. The first-order valence-electron chi connectivity index (χ1n) is 29.9. The molecule has 492 valence electrons. The Balaban J connectivity index is 0.000000183. The fourth-order valence-electron chi connectivity index (χ4n) is 13.6. The molecule has 94 heavy (non-hydrogen) atoms. The van der Waals surface area contributed by atoms with E-state index in [4.69, 9.17) is 76.2 Å². The van der Waals surface area contributed by atoms with E-state index in [1.807, 2.05) is 48.5 Å². The zero-order chi connectivity index (χ0) is 65.2. The number of halogens is 7. The van der Waals surface area contributed by atoms with Gasteiger partial charge in [0.05, 0.1) is 76.0 Å². The van der Waals surface area contributed by atoms with E-state index in [9.17, 15) is 36.6 Å². The number of hydrogen-bond donors (Lipinski definition) is 2. The number of ether oxygens (including phenoxy) is 7. The molecule has 6 heterocycles. The third-order valence-corrected chi connectivity index (χ3v) is 19.1. The van der Waals surface area contributed by atoms with Crippen LogP contribution >= 0.6 is 23.2 Å². The molecule has 4 unspecified atom stereocenters. The van der Waals surface area contributed by atoms with Crippen LogP contribution in [0.2, 0.25) is 10.0 Å². The van der Waals surface area contributed by atoms with Gasteiger partial charge >= 0.3 is 53.6 Å². The van der Waals surface area contributed by atoms with Gasteiger partial charge in [-0.1, -0.05) is 35.3 Å². The van der Waals surface area contributed by atoms with Gasteiger partial charge in [-0.2, -0.15) is 13.2 Å². The van der Waals surface area contributed by atoms with E-state index in [1.165, 1.54) is 19.2 Å². The molecule has 0 amide bonds. The number of carboxylic acid groups (broad SMARTS) is 2. The smallest absolute Gasteiger partial charge is 0.870 e. The number of nitrogens with zero attached hydrogens (tertiary/aromatic N) is 6. The molecule has 2 aliphatic carbocycles. The van der Waals surface area contributed by atoms with E-state index in [1.54, 1.807) is 76.6 Å². The standard InChI is InChI=1S/C33H33ClFN3O5.C32H31ClFN3O5.C2HF3O2.Na.H2O/c1-32(22-9-8-21(34)18-24(22)35)42-28-6-4-5-26(29(28)43-32)37-13-11-33(12-14-37)19-23(33)30-36-25-10-7-20(31(39)41-3)17-27(25)38(30)15-16-40-2;1-31(21-8-7-20(33)17-23(21)34)41-27-5-3-4-25(28(27)42-31)36-12-10-32(11-13-36)18-22(32)29-35-24-9-6-19(30(38)39)16-26(24)37(29)14-15-40-2;3-2(4,5)1(6)7;;/h4-10,17-18,23H,11-16,19H2,1-3H3;3-9,16-17,22H,10-15,18H2,1-2H3,(H,38,39);(H,6,7);;1H2/q;;;+1;/p-1. The number of methoxy groups -OCH3 is 3. The summed E-state index contributed by atoms with van der Waals surface area (Å²) in [7, 11) is 4.75. The molecule has 2 saturated heterocycles. The second-order valence-electron chi connectivity index (χ2n) is 24.2. The summed E-state index contributed by atoms with van der Waals surface area (Å²) in [6, 6.07) is 31.3. The van der Waals surface area contributed by atoms with Crippen molar-refractivity contribution >= 4 is 74.6 Å². The first-order chi connectivity index (χ1) is 43.9. The topological polar surface area (TPSA) is 228 Å². The molecule has 2 spiro atoms. The van der Waals surface area contributed by atoms with Crippen LogP contribution in [-0.2, 0) is 43.7 Å². The Morgan fingerprint density at radius 1 is 0.606 bits per heavy atom. The summed E-state index contributed by atoms with van der Waals surface area (Å²) < 4.78 is 107. The zero-order valence-electron chi connectivity index (χ0n) is 52.2. The van der Waals surface area contributed by atoms with E-state index >= 15 is 0 Å². The molecule has 0 bridgehead atoms. The van der Waals surface area contributed by atoms with Crippen LogP contribution in [0.5, 0.6) is 23.0 Å². The minimum absolute atomic E-state index is 0. The number of benzene rings is 6. The molecule has 4 fully saturated rings. The zero-order valence-corrected chi connectivity index (χ0v) is 55.7. The largest absolute Gasteiger partial charge is 1.00 e. The SMILES string of the molecule is COCCn1c(C2CC23CCN(c2cccc4c2OC(C)(c2ccc(Cl)cc2F)O4)CC3)nc2ccc(C(=O)O)cc21.COCCn1c(C2CC23CCN(c2cccc4c2OC(C)(c2ccc(Cl)cc2F)O4)CC3)nc2ccc(C(=O)OC)cc21.O=C(O)C(F)(F)F.[Na+].[OH-]. The minimum Gasteiger partial charge on any atom is -0.870 e. The molecule has 14 rings (SSSR count). The van der Waals surface area contributed by atoms with Crippen molar-refractivity contribution in [2.24, 2.45) is 10.8 Å². The minimum atomic E-state index is -5.08. The molecule has 27 heteroatoms. The Kier molecular flexibility index (Phi) is 19.9. The summed E-state index contributed by atoms with van der Waals surface area (Å²) in [5, 5.41) is 17.3. The number of aromatic carboxylic acids is 1. The summed E-state index contributed by atoms with van der Waals surface area (Å²) in [5.41, 5.74) is 6.99. The molecular formula is C67H66Cl2F5N6NaO13. The number of piperidine rings is 2. The second kappa shape index (κ2) is 27.0. The van der Waals surface area contributed by atoms with Crippen LogP contribution < -0.4 is 58.3 Å². The van der Waals surface area contributed by atoms with Crippen LogP contribution in [0, 0.1) is 22.5 Å². The van der Waals surface area contributed by atoms with Crippen LogP contribution in [-0.4, -0.2) is 120 Å². The quantitative estimate of drug-likeness (QED) is 0.0586. The number of imidazole rings is 2. The van der Waals surface area contributed by atoms with Gasteiger partial charge in [0.15, 0.2) is 23.0 Å². The summed E-state index contributed by atoms with van der Waals surface area (Å²) in [5.74, 6) is -2.48. The number of hydrogen-bond acceptors (Lipinski definition) is 15. The van der Waals surface area contributed by atoms with Gasteiger partial charge in [0, 0.05) is 89.2 Å². The average Bonchev–Trinajstić information content (AvgIpc) is 1.56. The van der Waals surface area contributed by atoms with Crippen LogP contribution in [0.3, 0.4) is 0 Å². The number of anilines is 2. The fourth-order valence-corrected chi connectivity index (χ4v) is 13.9. The van der Waals surface area contributed by atoms with Crippen molar-refractivity contribution in [2.45, 2.75) is 95.0 Å². The molecule has 6 aromatic carbocycles. The van der Waals surface area contributed by atoms with Gasteiger partial charge in [-0.15, -0.1) is 0 Å². The molecular weight excluding hydrogens is 1290 g/mol. The Morgan fingerprint density at radius 3 is 1.38 bits per heavy atom. The monoisotopic (exact) mass is 1350 g/mol. The predicted octanol–water partition coefficient (Wildman–Crippen LogP) is 10.7. The molecule has 3 N–H and O–H groups in total. The fraction of sp³-hybridized carbons (Fsp3) is 0.388. The van der Waals surface area contributed by atoms with E-state index in [2.05, 4.69) is 18.9 Å². The average molecular weight is 1350 g/mol. The van der Waals surface area contributed by atoms with Crippen LogP contribution in [0.15, 0.2) is 109 Å². The van der Waals surface area contributed by atoms with Crippen molar-refractivity contribution in [2.75, 3.05) is 70.5 Å². The van der Waals surface area contributed by atoms with Gasteiger partial charge in [-0.05, 0) is 146 Å². The molecule has 6 aliphatic rings. The number of alkyl halides is 3. The van der Waals surface area contributed by atoms with Gasteiger partial charge in [0.25, 0.3) is 11.6 Å². The third kappa shape index (κ3) is 13.3. The van der Waals surface area contributed by atoms with Crippen LogP contribution in [0.1, 0.15) is 108 Å². The Morgan fingerprint density at radius 2 is 1.01 bits per heavy atom. The first-order valence-corrected chi connectivity index (χ1v) is 30.7. The Hall–Kier alpha value is -7.42. The number of fused-ring (bicyclic) bond motifs is 4. The Bertz CT molecular complexity index is 4200. The molecule has 8 aromatic rings. The molecule has 4 aliphatic heterocycles.